The first kappa shape index (κ1) is 12.2. The second-order valence-electron chi connectivity index (χ2n) is 4.30. The van der Waals surface area contributed by atoms with Gasteiger partial charge in [-0.3, -0.25) is 0 Å². The van der Waals surface area contributed by atoms with Crippen LogP contribution >= 0.6 is 11.6 Å². The predicted molar refractivity (Wildman–Crippen MR) is 69.7 cm³/mol. The van der Waals surface area contributed by atoms with E-state index in [4.69, 9.17) is 16.3 Å². The van der Waals surface area contributed by atoms with Crippen molar-refractivity contribution >= 4 is 17.3 Å². The number of rotatable bonds is 1. The van der Waals surface area contributed by atoms with Crippen molar-refractivity contribution < 1.29 is 13.5 Å². The molecule has 0 amide bonds. The van der Waals surface area contributed by atoms with Crippen molar-refractivity contribution in [3.63, 3.8) is 0 Å². The van der Waals surface area contributed by atoms with E-state index in [0.717, 1.165) is 0 Å². The number of anilines is 1. The average Bonchev–Trinajstić information content (AvgIpc) is 2.39. The molecule has 0 fully saturated rings. The fraction of sp³-hybridized carbons (Fsp3) is 0.143. The Kier molecular flexibility index (Phi) is 3.03. The van der Waals surface area contributed by atoms with E-state index in [1.165, 1.54) is 24.3 Å². The molecule has 0 saturated heterocycles. The van der Waals surface area contributed by atoms with Gasteiger partial charge in [0, 0.05) is 6.07 Å². The molecule has 1 atom stereocenters. The zero-order valence-corrected chi connectivity index (χ0v) is 10.5. The molecule has 19 heavy (non-hydrogen) atoms. The minimum Gasteiger partial charge on any atom is -0.482 e. The smallest absolute Gasteiger partial charge is 0.146 e. The summed E-state index contributed by atoms with van der Waals surface area (Å²) >= 11 is 5.70. The number of benzene rings is 2. The van der Waals surface area contributed by atoms with Crippen LogP contribution in [0.2, 0.25) is 5.02 Å². The fourth-order valence-electron chi connectivity index (χ4n) is 2.05. The van der Waals surface area contributed by atoms with E-state index in [1.807, 2.05) is 0 Å². The van der Waals surface area contributed by atoms with Crippen LogP contribution in [0.5, 0.6) is 5.75 Å². The lowest BCUT2D eigenvalue weighted by Gasteiger charge is -2.28. The Balaban J connectivity index is 1.92. The summed E-state index contributed by atoms with van der Waals surface area (Å²) in [5.41, 5.74) is 1.34. The summed E-state index contributed by atoms with van der Waals surface area (Å²) in [6.07, 6.45) is -0.358. The number of ether oxygens (including phenoxy) is 1. The first-order valence-corrected chi connectivity index (χ1v) is 6.16. The third kappa shape index (κ3) is 2.36. The number of nitrogens with one attached hydrogen (secondary N) is 1. The molecule has 2 aromatic rings. The highest BCUT2D eigenvalue weighted by Crippen LogP contribution is 2.37. The highest BCUT2D eigenvalue weighted by molar-refractivity contribution is 6.31. The van der Waals surface area contributed by atoms with Gasteiger partial charge >= 0.3 is 0 Å². The maximum atomic E-state index is 13.4. The Hall–Kier alpha value is -1.81. The Labute approximate surface area is 114 Å². The zero-order chi connectivity index (χ0) is 13.4. The van der Waals surface area contributed by atoms with Crippen LogP contribution in [0.25, 0.3) is 0 Å². The largest absolute Gasteiger partial charge is 0.482 e. The number of fused-ring (bicyclic) bond motifs is 1. The molecule has 0 radical (unpaired) electrons. The molecule has 98 valence electrons. The normalized spacial score (nSPS) is 17.3. The summed E-state index contributed by atoms with van der Waals surface area (Å²) in [6.45, 7) is 0.471. The van der Waals surface area contributed by atoms with Crippen molar-refractivity contribution in [2.24, 2.45) is 0 Å². The molecule has 1 aliphatic heterocycles. The first-order chi connectivity index (χ1) is 9.13. The van der Waals surface area contributed by atoms with Crippen molar-refractivity contribution in [3.8, 4) is 5.75 Å². The first-order valence-electron chi connectivity index (χ1n) is 5.78. The van der Waals surface area contributed by atoms with Crippen LogP contribution in [0.1, 0.15) is 11.7 Å². The van der Waals surface area contributed by atoms with Gasteiger partial charge < -0.3 is 10.1 Å². The highest BCUT2D eigenvalue weighted by Gasteiger charge is 2.22. The van der Waals surface area contributed by atoms with E-state index in [-0.39, 0.29) is 16.9 Å². The topological polar surface area (TPSA) is 21.3 Å². The van der Waals surface area contributed by atoms with Gasteiger partial charge in [-0.05, 0) is 23.8 Å². The molecule has 1 aliphatic rings. The second-order valence-corrected chi connectivity index (χ2v) is 4.71. The molecule has 1 unspecified atom stereocenters. The zero-order valence-electron chi connectivity index (χ0n) is 9.79. The molecule has 5 heteroatoms. The van der Waals surface area contributed by atoms with Gasteiger partial charge in [0.25, 0.3) is 0 Å². The molecule has 2 nitrogen and oxygen atoms in total. The molecule has 0 saturated carbocycles. The Morgan fingerprint density at radius 3 is 2.84 bits per heavy atom. The molecule has 2 aromatic carbocycles. The van der Waals surface area contributed by atoms with Crippen LogP contribution in [0.4, 0.5) is 14.5 Å². The van der Waals surface area contributed by atoms with Gasteiger partial charge in [-0.1, -0.05) is 23.7 Å². The van der Waals surface area contributed by atoms with Crippen LogP contribution in [0.15, 0.2) is 36.4 Å². The van der Waals surface area contributed by atoms with E-state index < -0.39 is 5.82 Å². The molecular weight excluding hydrogens is 272 g/mol. The van der Waals surface area contributed by atoms with Gasteiger partial charge in [0.15, 0.2) is 0 Å². The summed E-state index contributed by atoms with van der Waals surface area (Å²) in [5, 5.41) is 3.14. The third-order valence-electron chi connectivity index (χ3n) is 2.99. The minimum absolute atomic E-state index is 0.0408. The summed E-state index contributed by atoms with van der Waals surface area (Å²) in [7, 11) is 0. The van der Waals surface area contributed by atoms with Gasteiger partial charge in [0.2, 0.25) is 0 Å². The molecular formula is C14H10ClF2NO. The Morgan fingerprint density at radius 2 is 2.05 bits per heavy atom. The van der Waals surface area contributed by atoms with Crippen molar-refractivity contribution in [1.82, 2.24) is 0 Å². The van der Waals surface area contributed by atoms with Gasteiger partial charge in [-0.15, -0.1) is 0 Å². The second kappa shape index (κ2) is 4.70. The van der Waals surface area contributed by atoms with E-state index in [1.54, 1.807) is 12.1 Å². The van der Waals surface area contributed by atoms with E-state index >= 15 is 0 Å². The van der Waals surface area contributed by atoms with Crippen molar-refractivity contribution in [1.29, 1.82) is 0 Å². The van der Waals surface area contributed by atoms with Gasteiger partial charge in [-0.2, -0.15) is 0 Å². The fourth-order valence-corrected chi connectivity index (χ4v) is 2.22. The predicted octanol–water partition coefficient (Wildman–Crippen LogP) is 4.16. The van der Waals surface area contributed by atoms with Gasteiger partial charge in [-0.25, -0.2) is 8.78 Å². The molecule has 0 spiro atoms. The highest BCUT2D eigenvalue weighted by atomic mass is 35.5. The monoisotopic (exact) mass is 281 g/mol. The summed E-state index contributed by atoms with van der Waals surface area (Å²) in [5.74, 6) is -0.487. The van der Waals surface area contributed by atoms with E-state index in [0.29, 0.717) is 23.5 Å². The molecule has 0 aromatic heterocycles. The third-order valence-corrected chi connectivity index (χ3v) is 3.28. The number of hydrogen-bond acceptors (Lipinski definition) is 2. The lowest BCUT2D eigenvalue weighted by Crippen LogP contribution is -2.23. The molecule has 1 heterocycles. The van der Waals surface area contributed by atoms with E-state index in [9.17, 15) is 8.78 Å². The molecule has 0 aliphatic carbocycles. The standard InChI is InChI=1S/C14H10ClF2NO/c15-10-5-12-13(6-11(10)17)19-14(7-18-12)8-2-1-3-9(16)4-8/h1-6,14,18H,7H2. The average molecular weight is 282 g/mol. The maximum absolute atomic E-state index is 13.4. The van der Waals surface area contributed by atoms with Crippen LogP contribution in [0, 0.1) is 11.6 Å². The lowest BCUT2D eigenvalue weighted by molar-refractivity contribution is 0.209. The summed E-state index contributed by atoms with van der Waals surface area (Å²) in [6, 6.07) is 8.87. The quantitative estimate of drug-likeness (QED) is 0.847. The van der Waals surface area contributed by atoms with Crippen molar-refractivity contribution in [2.75, 3.05) is 11.9 Å². The van der Waals surface area contributed by atoms with Crippen LogP contribution in [-0.2, 0) is 0 Å². The van der Waals surface area contributed by atoms with E-state index in [2.05, 4.69) is 5.32 Å². The maximum Gasteiger partial charge on any atom is 0.146 e. The Morgan fingerprint density at radius 1 is 1.21 bits per heavy atom. The van der Waals surface area contributed by atoms with Crippen molar-refractivity contribution in [3.05, 3.63) is 58.6 Å². The van der Waals surface area contributed by atoms with Crippen LogP contribution in [0.3, 0.4) is 0 Å². The molecule has 1 N–H and O–H groups in total. The van der Waals surface area contributed by atoms with Gasteiger partial charge in [0.1, 0.15) is 23.5 Å². The lowest BCUT2D eigenvalue weighted by atomic mass is 10.1. The number of halogens is 3. The summed E-state index contributed by atoms with van der Waals surface area (Å²) < 4.78 is 32.3. The Bertz CT molecular complexity index is 633. The molecule has 3 rings (SSSR count). The van der Waals surface area contributed by atoms with Crippen molar-refractivity contribution in [2.45, 2.75) is 6.10 Å². The van der Waals surface area contributed by atoms with Crippen LogP contribution in [-0.4, -0.2) is 6.54 Å². The minimum atomic E-state index is -0.540. The summed E-state index contributed by atoms with van der Waals surface area (Å²) in [4.78, 5) is 0. The van der Waals surface area contributed by atoms with Crippen LogP contribution < -0.4 is 10.1 Å². The van der Waals surface area contributed by atoms with Gasteiger partial charge in [0.05, 0.1) is 17.3 Å². The SMILES string of the molecule is Fc1cccc(C2CNc3cc(Cl)c(F)cc3O2)c1. The number of hydrogen-bond donors (Lipinski definition) is 1. The molecule has 0 bridgehead atoms.